The molecule has 1 rings (SSSR count). The Bertz CT molecular complexity index is 216. The zero-order valence-corrected chi connectivity index (χ0v) is 10.9. The van der Waals surface area contributed by atoms with Crippen LogP contribution in [0, 0.1) is 0 Å². The summed E-state index contributed by atoms with van der Waals surface area (Å²) in [7, 11) is 0. The molecule has 0 aliphatic carbocycles. The van der Waals surface area contributed by atoms with Crippen LogP contribution in [0.5, 0.6) is 0 Å². The van der Waals surface area contributed by atoms with Gasteiger partial charge in [0.1, 0.15) is 0 Å². The van der Waals surface area contributed by atoms with Gasteiger partial charge in [-0.1, -0.05) is 0 Å². The number of carbonyl (C=O) groups excluding carboxylic acids is 1. The van der Waals surface area contributed by atoms with Crippen LogP contribution in [0.2, 0.25) is 0 Å². The first-order valence-corrected chi connectivity index (χ1v) is 6.50. The Hall–Kier alpha value is -0.810. The van der Waals surface area contributed by atoms with Crippen LogP contribution in [0.3, 0.4) is 0 Å². The molecule has 0 radical (unpaired) electrons. The van der Waals surface area contributed by atoms with Gasteiger partial charge in [-0.15, -0.1) is 0 Å². The Balaban J connectivity index is 2.11. The minimum atomic E-state index is -0.180. The van der Waals surface area contributed by atoms with Gasteiger partial charge in [-0.25, -0.2) is 4.79 Å². The summed E-state index contributed by atoms with van der Waals surface area (Å²) in [6.07, 6.45) is 1.80. The van der Waals surface area contributed by atoms with E-state index in [0.717, 1.165) is 45.7 Å². The van der Waals surface area contributed by atoms with Gasteiger partial charge in [0, 0.05) is 32.3 Å². The molecule has 0 aromatic carbocycles. The number of rotatable bonds is 6. The van der Waals surface area contributed by atoms with Gasteiger partial charge < -0.3 is 19.7 Å². The average Bonchev–Trinajstić information content (AvgIpc) is 2.36. The van der Waals surface area contributed by atoms with E-state index in [4.69, 9.17) is 9.47 Å². The molecular formula is C12H24N2O3. The average molecular weight is 244 g/mol. The van der Waals surface area contributed by atoms with Crippen molar-refractivity contribution in [2.75, 3.05) is 39.5 Å². The molecule has 0 atom stereocenters. The second-order valence-electron chi connectivity index (χ2n) is 4.11. The van der Waals surface area contributed by atoms with Gasteiger partial charge in [-0.2, -0.15) is 0 Å². The number of hydrogen-bond acceptors (Lipinski definition) is 4. The fourth-order valence-corrected chi connectivity index (χ4v) is 1.96. The standard InChI is InChI=1S/C12H24N2O3/c1-3-16-10-7-13-11-5-8-14(9-6-11)12(15)17-4-2/h11,13H,3-10H2,1-2H3. The maximum absolute atomic E-state index is 11.5. The van der Waals surface area contributed by atoms with Gasteiger partial charge >= 0.3 is 6.09 Å². The van der Waals surface area contributed by atoms with E-state index in [1.807, 2.05) is 13.8 Å². The third-order valence-electron chi connectivity index (χ3n) is 2.90. The molecular weight excluding hydrogens is 220 g/mol. The highest BCUT2D eigenvalue weighted by molar-refractivity contribution is 5.67. The van der Waals surface area contributed by atoms with Crippen LogP contribution in [0.1, 0.15) is 26.7 Å². The van der Waals surface area contributed by atoms with Gasteiger partial charge in [0.15, 0.2) is 0 Å². The Morgan fingerprint density at radius 1 is 1.29 bits per heavy atom. The molecule has 1 N–H and O–H groups in total. The van der Waals surface area contributed by atoms with Crippen molar-refractivity contribution in [2.45, 2.75) is 32.7 Å². The third-order valence-corrected chi connectivity index (χ3v) is 2.90. The second-order valence-corrected chi connectivity index (χ2v) is 4.11. The summed E-state index contributed by atoms with van der Waals surface area (Å²) >= 11 is 0. The third kappa shape index (κ3) is 5.37. The Kier molecular flexibility index (Phi) is 6.96. The van der Waals surface area contributed by atoms with Crippen LogP contribution in [-0.2, 0) is 9.47 Å². The maximum atomic E-state index is 11.5. The molecule has 1 fully saturated rings. The largest absolute Gasteiger partial charge is 0.450 e. The van der Waals surface area contributed by atoms with Crippen molar-refractivity contribution in [3.63, 3.8) is 0 Å². The van der Waals surface area contributed by atoms with Crippen molar-refractivity contribution >= 4 is 6.09 Å². The molecule has 0 saturated carbocycles. The number of piperidine rings is 1. The molecule has 1 aliphatic heterocycles. The monoisotopic (exact) mass is 244 g/mol. The predicted octanol–water partition coefficient (Wildman–Crippen LogP) is 1.23. The predicted molar refractivity (Wildman–Crippen MR) is 66.1 cm³/mol. The Morgan fingerprint density at radius 2 is 2.00 bits per heavy atom. The van der Waals surface area contributed by atoms with E-state index >= 15 is 0 Å². The summed E-state index contributed by atoms with van der Waals surface area (Å²) in [6.45, 7) is 8.26. The maximum Gasteiger partial charge on any atom is 0.409 e. The molecule has 0 aromatic rings. The van der Waals surface area contributed by atoms with Crippen molar-refractivity contribution < 1.29 is 14.3 Å². The summed E-state index contributed by atoms with van der Waals surface area (Å²) in [5.74, 6) is 0. The van der Waals surface area contributed by atoms with Crippen molar-refractivity contribution in [1.82, 2.24) is 10.2 Å². The number of hydrogen-bond donors (Lipinski definition) is 1. The van der Waals surface area contributed by atoms with E-state index in [1.54, 1.807) is 4.90 Å². The molecule has 1 heterocycles. The zero-order valence-electron chi connectivity index (χ0n) is 10.9. The highest BCUT2D eigenvalue weighted by atomic mass is 16.6. The molecule has 0 aromatic heterocycles. The molecule has 0 unspecified atom stereocenters. The van der Waals surface area contributed by atoms with Crippen molar-refractivity contribution in [3.8, 4) is 0 Å². The first-order chi connectivity index (χ1) is 8.27. The number of ether oxygens (including phenoxy) is 2. The Labute approximate surface area is 103 Å². The lowest BCUT2D eigenvalue weighted by Crippen LogP contribution is -2.45. The van der Waals surface area contributed by atoms with Crippen molar-refractivity contribution in [2.24, 2.45) is 0 Å². The van der Waals surface area contributed by atoms with Crippen molar-refractivity contribution in [3.05, 3.63) is 0 Å². The van der Waals surface area contributed by atoms with Crippen LogP contribution in [0.4, 0.5) is 4.79 Å². The summed E-state index contributed by atoms with van der Waals surface area (Å²) in [4.78, 5) is 13.2. The molecule has 1 aliphatic rings. The summed E-state index contributed by atoms with van der Waals surface area (Å²) in [6, 6.07) is 0.501. The molecule has 0 bridgehead atoms. The van der Waals surface area contributed by atoms with E-state index in [2.05, 4.69) is 5.32 Å². The van der Waals surface area contributed by atoms with E-state index in [0.29, 0.717) is 12.6 Å². The SMILES string of the molecule is CCOCCNC1CCN(C(=O)OCC)CC1. The van der Waals surface area contributed by atoms with Gasteiger partial charge in [-0.05, 0) is 26.7 Å². The fraction of sp³-hybridized carbons (Fsp3) is 0.917. The fourth-order valence-electron chi connectivity index (χ4n) is 1.96. The highest BCUT2D eigenvalue weighted by Crippen LogP contribution is 2.11. The van der Waals surface area contributed by atoms with Crippen molar-refractivity contribution in [1.29, 1.82) is 0 Å². The van der Waals surface area contributed by atoms with Gasteiger partial charge in [0.05, 0.1) is 13.2 Å². The molecule has 5 heteroatoms. The number of nitrogens with zero attached hydrogens (tertiary/aromatic N) is 1. The lowest BCUT2D eigenvalue weighted by atomic mass is 10.1. The van der Waals surface area contributed by atoms with Gasteiger partial charge in [0.25, 0.3) is 0 Å². The minimum absolute atomic E-state index is 0.180. The van der Waals surface area contributed by atoms with Crippen LogP contribution in [-0.4, -0.2) is 56.5 Å². The number of amides is 1. The van der Waals surface area contributed by atoms with E-state index < -0.39 is 0 Å². The first-order valence-electron chi connectivity index (χ1n) is 6.50. The van der Waals surface area contributed by atoms with E-state index in [-0.39, 0.29) is 6.09 Å². The van der Waals surface area contributed by atoms with Crippen LogP contribution >= 0.6 is 0 Å². The minimum Gasteiger partial charge on any atom is -0.450 e. The molecule has 17 heavy (non-hydrogen) atoms. The number of carbonyl (C=O) groups is 1. The van der Waals surface area contributed by atoms with Crippen LogP contribution in [0.25, 0.3) is 0 Å². The molecule has 1 amide bonds. The smallest absolute Gasteiger partial charge is 0.409 e. The number of likely N-dealkylation sites (tertiary alicyclic amines) is 1. The first kappa shape index (κ1) is 14.3. The molecule has 0 spiro atoms. The zero-order chi connectivity index (χ0) is 12.5. The van der Waals surface area contributed by atoms with Crippen LogP contribution in [0.15, 0.2) is 0 Å². The topological polar surface area (TPSA) is 50.8 Å². The van der Waals surface area contributed by atoms with Gasteiger partial charge in [0.2, 0.25) is 0 Å². The quantitative estimate of drug-likeness (QED) is 0.714. The summed E-state index contributed by atoms with van der Waals surface area (Å²) in [5.41, 5.74) is 0. The molecule has 1 saturated heterocycles. The summed E-state index contributed by atoms with van der Waals surface area (Å²) < 4.78 is 10.2. The van der Waals surface area contributed by atoms with E-state index in [1.165, 1.54) is 0 Å². The lowest BCUT2D eigenvalue weighted by molar-refractivity contribution is 0.0932. The van der Waals surface area contributed by atoms with E-state index in [9.17, 15) is 4.79 Å². The Morgan fingerprint density at radius 3 is 2.59 bits per heavy atom. The second kappa shape index (κ2) is 8.31. The summed E-state index contributed by atoms with van der Waals surface area (Å²) in [5, 5.41) is 3.44. The molecule has 100 valence electrons. The highest BCUT2D eigenvalue weighted by Gasteiger charge is 2.22. The normalized spacial score (nSPS) is 17.2. The molecule has 5 nitrogen and oxygen atoms in total. The number of nitrogens with one attached hydrogen (secondary N) is 1. The van der Waals surface area contributed by atoms with Gasteiger partial charge in [-0.3, -0.25) is 0 Å². The lowest BCUT2D eigenvalue weighted by Gasteiger charge is -2.31. The van der Waals surface area contributed by atoms with Crippen LogP contribution < -0.4 is 5.32 Å².